The minimum absolute atomic E-state index is 0.249. The number of hydrogen-bond acceptors (Lipinski definition) is 4. The number of nitrogens with one attached hydrogen (secondary N) is 1. The number of aromatic nitrogens is 2. The van der Waals surface area contributed by atoms with Crippen LogP contribution in [0.1, 0.15) is 38.3 Å². The fourth-order valence-electron chi connectivity index (χ4n) is 3.34. The molecule has 0 aliphatic rings. The fraction of sp³-hybridized carbons (Fsp3) is 0.115. The molecule has 0 aliphatic carbocycles. The predicted molar refractivity (Wildman–Crippen MR) is 131 cm³/mol. The van der Waals surface area contributed by atoms with Gasteiger partial charge in [0.1, 0.15) is 17.9 Å². The van der Waals surface area contributed by atoms with Crippen molar-refractivity contribution < 1.29 is 9.53 Å². The van der Waals surface area contributed by atoms with E-state index in [1.165, 1.54) is 5.56 Å². The monoisotopic (exact) mass is 458 g/mol. The molecule has 0 unspecified atom stereocenters. The van der Waals surface area contributed by atoms with Crippen LogP contribution in [0.25, 0.3) is 0 Å². The summed E-state index contributed by atoms with van der Waals surface area (Å²) in [6, 6.07) is 23.2. The van der Waals surface area contributed by atoms with Crippen molar-refractivity contribution in [2.75, 3.05) is 0 Å². The van der Waals surface area contributed by atoms with Crippen LogP contribution in [-0.2, 0) is 13.0 Å². The second kappa shape index (κ2) is 10.1. The van der Waals surface area contributed by atoms with Gasteiger partial charge in [0.2, 0.25) is 0 Å². The highest BCUT2D eigenvalue weighted by molar-refractivity contribution is 6.30. The van der Waals surface area contributed by atoms with E-state index in [4.69, 9.17) is 22.1 Å². The summed E-state index contributed by atoms with van der Waals surface area (Å²) in [6.07, 6.45) is 2.07. The van der Waals surface area contributed by atoms with Crippen molar-refractivity contribution in [2.45, 2.75) is 20.0 Å². The standard InChI is InChI=1S/C26H23ClN4O2/c1-17-5-7-19(8-6-17)16-33-22-11-9-18(10-12-22)15-29-26-24(25(28)32)23(30-31-26)14-20-3-2-4-21(27)13-20/h2-13,15H,14,16H2,1H3,(H2,28,32)(H,30,31). The zero-order valence-electron chi connectivity index (χ0n) is 18.1. The van der Waals surface area contributed by atoms with Crippen LogP contribution >= 0.6 is 11.6 Å². The van der Waals surface area contributed by atoms with Gasteiger partial charge in [-0.3, -0.25) is 9.89 Å². The van der Waals surface area contributed by atoms with Crippen LogP contribution in [0.5, 0.6) is 5.75 Å². The Morgan fingerprint density at radius 2 is 1.85 bits per heavy atom. The molecule has 0 saturated heterocycles. The van der Waals surface area contributed by atoms with Crippen LogP contribution in [0.15, 0.2) is 77.8 Å². The molecular formula is C26H23ClN4O2. The zero-order valence-corrected chi connectivity index (χ0v) is 18.8. The lowest BCUT2D eigenvalue weighted by atomic mass is 10.1. The molecule has 1 heterocycles. The maximum absolute atomic E-state index is 12.1. The fourth-order valence-corrected chi connectivity index (χ4v) is 3.55. The van der Waals surface area contributed by atoms with E-state index >= 15 is 0 Å². The highest BCUT2D eigenvalue weighted by Crippen LogP contribution is 2.23. The van der Waals surface area contributed by atoms with Crippen molar-refractivity contribution >= 4 is 29.5 Å². The summed E-state index contributed by atoms with van der Waals surface area (Å²) in [7, 11) is 0. The molecule has 1 aromatic heterocycles. The van der Waals surface area contributed by atoms with Gasteiger partial charge in [0.25, 0.3) is 5.91 Å². The highest BCUT2D eigenvalue weighted by atomic mass is 35.5. The van der Waals surface area contributed by atoms with E-state index in [0.717, 1.165) is 22.4 Å². The second-order valence-corrected chi connectivity index (χ2v) is 8.11. The molecule has 0 aliphatic heterocycles. The largest absolute Gasteiger partial charge is 0.489 e. The minimum Gasteiger partial charge on any atom is -0.489 e. The summed E-state index contributed by atoms with van der Waals surface area (Å²) in [5.41, 5.74) is 10.6. The van der Waals surface area contributed by atoms with Crippen LogP contribution in [0.3, 0.4) is 0 Å². The number of halogens is 1. The smallest absolute Gasteiger partial charge is 0.254 e. The molecule has 0 atom stereocenters. The number of nitrogens with two attached hydrogens (primary N) is 1. The maximum atomic E-state index is 12.1. The summed E-state index contributed by atoms with van der Waals surface area (Å²) in [5.74, 6) is 0.418. The average molecular weight is 459 g/mol. The van der Waals surface area contributed by atoms with Crippen LogP contribution in [-0.4, -0.2) is 22.3 Å². The zero-order chi connectivity index (χ0) is 23.2. The Morgan fingerprint density at radius 1 is 1.09 bits per heavy atom. The number of aryl methyl sites for hydroxylation is 1. The molecule has 4 aromatic rings. The Morgan fingerprint density at radius 3 is 2.55 bits per heavy atom. The van der Waals surface area contributed by atoms with Crippen molar-refractivity contribution in [3.8, 4) is 5.75 Å². The normalized spacial score (nSPS) is 11.1. The number of aromatic amines is 1. The van der Waals surface area contributed by atoms with Crippen molar-refractivity contribution in [2.24, 2.45) is 10.7 Å². The van der Waals surface area contributed by atoms with E-state index in [2.05, 4.69) is 46.4 Å². The number of hydrogen-bond donors (Lipinski definition) is 2. The van der Waals surface area contributed by atoms with Gasteiger partial charge in [0.05, 0.1) is 5.69 Å². The molecule has 0 bridgehead atoms. The highest BCUT2D eigenvalue weighted by Gasteiger charge is 2.18. The van der Waals surface area contributed by atoms with Gasteiger partial charge in [-0.15, -0.1) is 0 Å². The molecule has 33 heavy (non-hydrogen) atoms. The number of ether oxygens (including phenoxy) is 1. The van der Waals surface area contributed by atoms with Crippen LogP contribution < -0.4 is 10.5 Å². The van der Waals surface area contributed by atoms with Crippen LogP contribution in [0.2, 0.25) is 5.02 Å². The topological polar surface area (TPSA) is 93.4 Å². The summed E-state index contributed by atoms with van der Waals surface area (Å²) < 4.78 is 5.84. The van der Waals surface area contributed by atoms with Crippen LogP contribution in [0, 0.1) is 6.92 Å². The molecule has 166 valence electrons. The van der Waals surface area contributed by atoms with Gasteiger partial charge in [-0.2, -0.15) is 5.10 Å². The van der Waals surface area contributed by atoms with Gasteiger partial charge in [-0.25, -0.2) is 4.99 Å². The molecule has 3 aromatic carbocycles. The van der Waals surface area contributed by atoms with Crippen molar-refractivity contribution in [1.29, 1.82) is 0 Å². The molecule has 0 radical (unpaired) electrons. The number of nitrogens with zero attached hydrogens (tertiary/aromatic N) is 2. The van der Waals surface area contributed by atoms with Gasteiger partial charge >= 0.3 is 0 Å². The third-order valence-corrected chi connectivity index (χ3v) is 5.32. The first-order chi connectivity index (χ1) is 16.0. The second-order valence-electron chi connectivity index (χ2n) is 7.67. The van der Waals surface area contributed by atoms with Gasteiger partial charge in [-0.1, -0.05) is 53.6 Å². The van der Waals surface area contributed by atoms with E-state index in [9.17, 15) is 4.79 Å². The summed E-state index contributed by atoms with van der Waals surface area (Å²) in [6.45, 7) is 2.55. The first-order valence-corrected chi connectivity index (χ1v) is 10.8. The third-order valence-electron chi connectivity index (χ3n) is 5.08. The number of benzene rings is 3. The van der Waals surface area contributed by atoms with Gasteiger partial charge in [0.15, 0.2) is 5.82 Å². The molecule has 6 nitrogen and oxygen atoms in total. The summed E-state index contributed by atoms with van der Waals surface area (Å²) in [5, 5.41) is 7.68. The third kappa shape index (κ3) is 5.87. The Kier molecular flexibility index (Phi) is 6.86. The first kappa shape index (κ1) is 22.3. The quantitative estimate of drug-likeness (QED) is 0.346. The van der Waals surface area contributed by atoms with Crippen molar-refractivity contribution in [1.82, 2.24) is 10.2 Å². The molecule has 0 fully saturated rings. The molecule has 3 N–H and O–H groups in total. The van der Waals surface area contributed by atoms with Crippen molar-refractivity contribution in [3.05, 3.63) is 111 Å². The molecule has 0 spiro atoms. The number of H-pyrrole nitrogens is 1. The van der Waals surface area contributed by atoms with Gasteiger partial charge < -0.3 is 10.5 Å². The lowest BCUT2D eigenvalue weighted by Gasteiger charge is -2.06. The first-order valence-electron chi connectivity index (χ1n) is 10.4. The Labute approximate surface area is 197 Å². The lowest BCUT2D eigenvalue weighted by molar-refractivity contribution is 0.100. The lowest BCUT2D eigenvalue weighted by Crippen LogP contribution is -2.13. The number of carbonyl (C=O) groups excluding carboxylic acids is 1. The van der Waals surface area contributed by atoms with E-state index in [-0.39, 0.29) is 11.4 Å². The van der Waals surface area contributed by atoms with Crippen molar-refractivity contribution in [3.63, 3.8) is 0 Å². The molecule has 0 saturated carbocycles. The molecule has 7 heteroatoms. The average Bonchev–Trinajstić information content (AvgIpc) is 3.20. The molecule has 4 rings (SSSR count). The Bertz CT molecular complexity index is 1280. The number of amides is 1. The number of carbonyl (C=O) groups is 1. The predicted octanol–water partition coefficient (Wildman–Crippen LogP) is 5.39. The van der Waals surface area contributed by atoms with Gasteiger partial charge in [0, 0.05) is 17.7 Å². The van der Waals surface area contributed by atoms with Crippen LogP contribution in [0.4, 0.5) is 5.82 Å². The SMILES string of the molecule is Cc1ccc(COc2ccc(C=Nc3n[nH]c(Cc4cccc(Cl)c4)c3C(N)=O)cc2)cc1. The van der Waals surface area contributed by atoms with Gasteiger partial charge in [-0.05, 0) is 60.0 Å². The summed E-state index contributed by atoms with van der Waals surface area (Å²) in [4.78, 5) is 16.4. The Hall–Kier alpha value is -3.90. The van der Waals surface area contributed by atoms with E-state index in [1.54, 1.807) is 12.3 Å². The number of aliphatic imine (C=N–C) groups is 1. The minimum atomic E-state index is -0.590. The molecular weight excluding hydrogens is 436 g/mol. The summed E-state index contributed by atoms with van der Waals surface area (Å²) >= 11 is 6.05. The van der Waals surface area contributed by atoms with E-state index in [1.807, 2.05) is 42.5 Å². The Balaban J connectivity index is 1.44. The molecule has 1 amide bonds. The van der Waals surface area contributed by atoms with E-state index < -0.39 is 5.91 Å². The number of primary amides is 1. The maximum Gasteiger partial charge on any atom is 0.254 e. The van der Waals surface area contributed by atoms with E-state index in [0.29, 0.717) is 23.7 Å². The number of rotatable bonds is 8.